The maximum atomic E-state index is 3.42. The van der Waals surface area contributed by atoms with Crippen LogP contribution >= 0.6 is 23.7 Å². The van der Waals surface area contributed by atoms with Crippen LogP contribution in [0.25, 0.3) is 0 Å². The second-order valence-electron chi connectivity index (χ2n) is 4.47. The zero-order valence-electron chi connectivity index (χ0n) is 9.82. The lowest BCUT2D eigenvalue weighted by Crippen LogP contribution is -2.34. The monoisotopic (exact) mass is 260 g/mol. The molecule has 0 radical (unpaired) electrons. The van der Waals surface area contributed by atoms with Gasteiger partial charge in [0.15, 0.2) is 0 Å². The molecule has 0 aliphatic carbocycles. The van der Waals surface area contributed by atoms with Crippen molar-refractivity contribution in [2.24, 2.45) is 5.92 Å². The zero-order valence-corrected chi connectivity index (χ0v) is 11.4. The highest BCUT2D eigenvalue weighted by Crippen LogP contribution is 2.16. The van der Waals surface area contributed by atoms with Gasteiger partial charge in [-0.2, -0.15) is 0 Å². The highest BCUT2D eigenvalue weighted by Gasteiger charge is 2.14. The van der Waals surface area contributed by atoms with Crippen molar-refractivity contribution in [1.82, 2.24) is 10.2 Å². The van der Waals surface area contributed by atoms with Crippen LogP contribution in [0.3, 0.4) is 0 Å². The summed E-state index contributed by atoms with van der Waals surface area (Å²) in [4.78, 5) is 3.94. The first kappa shape index (κ1) is 14.0. The molecule has 92 valence electrons. The Morgan fingerprint density at radius 1 is 1.44 bits per heavy atom. The maximum absolute atomic E-state index is 3.42. The van der Waals surface area contributed by atoms with Gasteiger partial charge < -0.3 is 10.2 Å². The lowest BCUT2D eigenvalue weighted by atomic mass is 9.98. The molecule has 16 heavy (non-hydrogen) atoms. The van der Waals surface area contributed by atoms with E-state index in [0.29, 0.717) is 0 Å². The fourth-order valence-corrected chi connectivity index (χ4v) is 3.02. The average molecular weight is 261 g/mol. The Balaban J connectivity index is 0.00000128. The Hall–Kier alpha value is -0.0900. The van der Waals surface area contributed by atoms with Gasteiger partial charge in [-0.05, 0) is 50.3 Å². The molecular formula is C12H21ClN2S. The third kappa shape index (κ3) is 4.42. The largest absolute Gasteiger partial charge is 0.317 e. The van der Waals surface area contributed by atoms with Gasteiger partial charge in [-0.25, -0.2) is 0 Å². The lowest BCUT2D eigenvalue weighted by Gasteiger charge is -2.27. The molecule has 0 aromatic carbocycles. The minimum atomic E-state index is 0. The molecule has 0 unspecified atom stereocenters. The van der Waals surface area contributed by atoms with Crippen LogP contribution in [0.5, 0.6) is 0 Å². The SMILES string of the molecule is CN(Cc1cccs1)CC1CCNCC1.Cl. The Labute approximate surface area is 108 Å². The van der Waals surface area contributed by atoms with E-state index in [2.05, 4.69) is 34.8 Å². The van der Waals surface area contributed by atoms with Crippen molar-refractivity contribution in [1.29, 1.82) is 0 Å². The van der Waals surface area contributed by atoms with Gasteiger partial charge in [0, 0.05) is 18.0 Å². The van der Waals surface area contributed by atoms with E-state index in [4.69, 9.17) is 0 Å². The predicted octanol–water partition coefficient (Wildman–Crippen LogP) is 2.60. The first-order chi connectivity index (χ1) is 7.34. The first-order valence-electron chi connectivity index (χ1n) is 5.76. The molecule has 1 aromatic heterocycles. The van der Waals surface area contributed by atoms with E-state index < -0.39 is 0 Å². The van der Waals surface area contributed by atoms with E-state index in [9.17, 15) is 0 Å². The van der Waals surface area contributed by atoms with Gasteiger partial charge >= 0.3 is 0 Å². The van der Waals surface area contributed by atoms with E-state index in [0.717, 1.165) is 12.5 Å². The standard InChI is InChI=1S/C12H20N2S.ClH/c1-14(10-12-3-2-8-15-12)9-11-4-6-13-7-5-11;/h2-3,8,11,13H,4-7,9-10H2,1H3;1H. The van der Waals surface area contributed by atoms with Crippen LogP contribution in [0.4, 0.5) is 0 Å². The summed E-state index contributed by atoms with van der Waals surface area (Å²) in [5.74, 6) is 0.899. The van der Waals surface area contributed by atoms with Gasteiger partial charge in [0.05, 0.1) is 0 Å². The lowest BCUT2D eigenvalue weighted by molar-refractivity contribution is 0.236. The number of thiophene rings is 1. The highest BCUT2D eigenvalue weighted by molar-refractivity contribution is 7.09. The number of hydrogen-bond donors (Lipinski definition) is 1. The summed E-state index contributed by atoms with van der Waals surface area (Å²) in [5.41, 5.74) is 0. The second-order valence-corrected chi connectivity index (χ2v) is 5.50. The number of nitrogens with one attached hydrogen (secondary N) is 1. The van der Waals surface area contributed by atoms with Gasteiger partial charge in [-0.15, -0.1) is 23.7 Å². The normalized spacial score (nSPS) is 17.4. The molecular weight excluding hydrogens is 240 g/mol. The zero-order chi connectivity index (χ0) is 10.5. The van der Waals surface area contributed by atoms with Crippen LogP contribution in [0, 0.1) is 5.92 Å². The summed E-state index contributed by atoms with van der Waals surface area (Å²) in [6, 6.07) is 4.36. The van der Waals surface area contributed by atoms with Crippen LogP contribution in [-0.4, -0.2) is 31.6 Å². The van der Waals surface area contributed by atoms with Gasteiger partial charge in [0.2, 0.25) is 0 Å². The quantitative estimate of drug-likeness (QED) is 0.895. The molecule has 0 amide bonds. The average Bonchev–Trinajstić information content (AvgIpc) is 2.71. The highest BCUT2D eigenvalue weighted by atomic mass is 35.5. The van der Waals surface area contributed by atoms with Gasteiger partial charge in [-0.1, -0.05) is 6.07 Å². The third-order valence-corrected chi connectivity index (χ3v) is 3.90. The number of halogens is 1. The van der Waals surface area contributed by atoms with E-state index in [1.54, 1.807) is 0 Å². The molecule has 1 N–H and O–H groups in total. The molecule has 0 spiro atoms. The van der Waals surface area contributed by atoms with Gasteiger partial charge in [-0.3, -0.25) is 0 Å². The van der Waals surface area contributed by atoms with Crippen LogP contribution < -0.4 is 5.32 Å². The number of piperidine rings is 1. The molecule has 1 aliphatic rings. The van der Waals surface area contributed by atoms with Crippen molar-refractivity contribution in [2.75, 3.05) is 26.7 Å². The fourth-order valence-electron chi connectivity index (χ4n) is 2.24. The number of rotatable bonds is 4. The van der Waals surface area contributed by atoms with Crippen LogP contribution in [0.15, 0.2) is 17.5 Å². The summed E-state index contributed by atoms with van der Waals surface area (Å²) in [6.07, 6.45) is 2.68. The third-order valence-electron chi connectivity index (χ3n) is 3.03. The first-order valence-corrected chi connectivity index (χ1v) is 6.64. The van der Waals surface area contributed by atoms with E-state index in [1.807, 2.05) is 11.3 Å². The molecule has 0 saturated carbocycles. The van der Waals surface area contributed by atoms with Crippen molar-refractivity contribution in [2.45, 2.75) is 19.4 Å². The van der Waals surface area contributed by atoms with E-state index in [1.165, 1.54) is 37.4 Å². The van der Waals surface area contributed by atoms with Crippen LogP contribution in [-0.2, 0) is 6.54 Å². The van der Waals surface area contributed by atoms with E-state index >= 15 is 0 Å². The van der Waals surface area contributed by atoms with Crippen LogP contribution in [0.1, 0.15) is 17.7 Å². The van der Waals surface area contributed by atoms with Crippen LogP contribution in [0.2, 0.25) is 0 Å². The topological polar surface area (TPSA) is 15.3 Å². The molecule has 1 saturated heterocycles. The van der Waals surface area contributed by atoms with Gasteiger partial charge in [0.1, 0.15) is 0 Å². The number of nitrogens with zero attached hydrogens (tertiary/aromatic N) is 1. The molecule has 0 bridgehead atoms. The Bertz CT molecular complexity index is 271. The summed E-state index contributed by atoms with van der Waals surface area (Å²) in [5, 5.41) is 5.58. The summed E-state index contributed by atoms with van der Waals surface area (Å²) >= 11 is 1.86. The summed E-state index contributed by atoms with van der Waals surface area (Å²) in [7, 11) is 2.24. The Morgan fingerprint density at radius 2 is 2.19 bits per heavy atom. The second kappa shape index (κ2) is 7.28. The van der Waals surface area contributed by atoms with Crippen molar-refractivity contribution in [3.8, 4) is 0 Å². The van der Waals surface area contributed by atoms with E-state index in [-0.39, 0.29) is 12.4 Å². The molecule has 2 heterocycles. The molecule has 2 nitrogen and oxygen atoms in total. The Kier molecular flexibility index (Phi) is 6.36. The maximum Gasteiger partial charge on any atom is 0.0324 e. The predicted molar refractivity (Wildman–Crippen MR) is 73.5 cm³/mol. The minimum Gasteiger partial charge on any atom is -0.317 e. The Morgan fingerprint density at radius 3 is 2.81 bits per heavy atom. The minimum absolute atomic E-state index is 0. The summed E-state index contributed by atoms with van der Waals surface area (Å²) in [6.45, 7) is 4.77. The smallest absolute Gasteiger partial charge is 0.0324 e. The van der Waals surface area contributed by atoms with Crippen molar-refractivity contribution < 1.29 is 0 Å². The molecule has 1 fully saturated rings. The molecule has 4 heteroatoms. The number of hydrogen-bond acceptors (Lipinski definition) is 3. The fraction of sp³-hybridized carbons (Fsp3) is 0.667. The van der Waals surface area contributed by atoms with Crippen molar-refractivity contribution in [3.05, 3.63) is 22.4 Å². The molecule has 2 rings (SSSR count). The van der Waals surface area contributed by atoms with Gasteiger partial charge in [0.25, 0.3) is 0 Å². The molecule has 0 atom stereocenters. The molecule has 1 aliphatic heterocycles. The molecule has 1 aromatic rings. The summed E-state index contributed by atoms with van der Waals surface area (Å²) < 4.78 is 0. The van der Waals surface area contributed by atoms with Crippen molar-refractivity contribution >= 4 is 23.7 Å². The van der Waals surface area contributed by atoms with Crippen molar-refractivity contribution in [3.63, 3.8) is 0 Å².